The van der Waals surface area contributed by atoms with Crippen LogP contribution >= 0.6 is 0 Å². The van der Waals surface area contributed by atoms with E-state index < -0.39 is 35.1 Å². The average Bonchev–Trinajstić information content (AvgIpc) is 3.09. The largest absolute Gasteiger partial charge is 0.495 e. The van der Waals surface area contributed by atoms with Crippen LogP contribution in [0, 0.1) is 22.0 Å². The predicted molar refractivity (Wildman–Crippen MR) is 115 cm³/mol. The summed E-state index contributed by atoms with van der Waals surface area (Å²) in [7, 11) is 1.46. The van der Waals surface area contributed by atoms with Crippen LogP contribution in [0.3, 0.4) is 0 Å². The number of carbonyl (C=O) groups excluding carboxylic acids is 2. The van der Waals surface area contributed by atoms with E-state index in [9.17, 15) is 19.7 Å². The zero-order chi connectivity index (χ0) is 22.2. The highest BCUT2D eigenvalue weighted by atomic mass is 16.6. The molecule has 1 saturated heterocycles. The summed E-state index contributed by atoms with van der Waals surface area (Å²) >= 11 is 0. The molecular formula is C25H18N2O5. The van der Waals surface area contributed by atoms with Crippen molar-refractivity contribution in [3.63, 3.8) is 0 Å². The molecular weight excluding hydrogens is 408 g/mol. The van der Waals surface area contributed by atoms with Crippen molar-refractivity contribution in [2.24, 2.45) is 11.8 Å². The Morgan fingerprint density at radius 1 is 0.875 bits per heavy atom. The molecule has 2 bridgehead atoms. The van der Waals surface area contributed by atoms with E-state index in [0.29, 0.717) is 22.6 Å². The second-order valence-corrected chi connectivity index (χ2v) is 8.36. The average molecular weight is 426 g/mol. The number of nitro groups is 1. The molecule has 0 spiro atoms. The van der Waals surface area contributed by atoms with Gasteiger partial charge in [0, 0.05) is 22.0 Å². The molecule has 7 nitrogen and oxygen atoms in total. The third-order valence-corrected chi connectivity index (χ3v) is 7.19. The molecule has 0 N–H and O–H groups in total. The van der Waals surface area contributed by atoms with Crippen molar-refractivity contribution in [1.82, 2.24) is 0 Å². The first-order chi connectivity index (χ1) is 15.5. The maximum Gasteiger partial charge on any atom is 0.285 e. The Kier molecular flexibility index (Phi) is 3.67. The highest BCUT2D eigenvalue weighted by molar-refractivity contribution is 6.24. The molecule has 3 aromatic rings. The Bertz CT molecular complexity index is 1290. The fourth-order valence-electron chi connectivity index (χ4n) is 6.09. The summed E-state index contributed by atoms with van der Waals surface area (Å²) in [5.41, 5.74) is 0.969. The first-order valence-electron chi connectivity index (χ1n) is 10.4. The van der Waals surface area contributed by atoms with Crippen LogP contribution in [0.25, 0.3) is 0 Å². The molecule has 0 unspecified atom stereocenters. The van der Waals surface area contributed by atoms with Gasteiger partial charge in [0.25, 0.3) is 5.54 Å². The van der Waals surface area contributed by atoms with Gasteiger partial charge in [-0.2, -0.15) is 0 Å². The number of anilines is 1. The monoisotopic (exact) mass is 426 g/mol. The molecule has 158 valence electrons. The Morgan fingerprint density at radius 2 is 1.44 bits per heavy atom. The second-order valence-electron chi connectivity index (χ2n) is 8.36. The molecule has 1 aliphatic heterocycles. The second kappa shape index (κ2) is 6.26. The lowest BCUT2D eigenvalue weighted by Crippen LogP contribution is -2.57. The number of hydrogen-bond donors (Lipinski definition) is 0. The first-order valence-corrected chi connectivity index (χ1v) is 10.4. The Morgan fingerprint density at radius 3 is 2.03 bits per heavy atom. The normalized spacial score (nSPS) is 27.0. The van der Waals surface area contributed by atoms with Crippen molar-refractivity contribution >= 4 is 17.5 Å². The van der Waals surface area contributed by atoms with Gasteiger partial charge in [-0.1, -0.05) is 60.7 Å². The van der Waals surface area contributed by atoms with Gasteiger partial charge in [0.2, 0.25) is 11.8 Å². The number of amides is 2. The van der Waals surface area contributed by atoms with Crippen molar-refractivity contribution in [3.8, 4) is 5.75 Å². The minimum Gasteiger partial charge on any atom is -0.495 e. The summed E-state index contributed by atoms with van der Waals surface area (Å²) < 4.78 is 5.39. The summed E-state index contributed by atoms with van der Waals surface area (Å²) in [4.78, 5) is 41.3. The van der Waals surface area contributed by atoms with Crippen LogP contribution in [-0.4, -0.2) is 23.8 Å². The number of hydrogen-bond acceptors (Lipinski definition) is 5. The molecule has 0 saturated carbocycles. The van der Waals surface area contributed by atoms with E-state index >= 15 is 0 Å². The number of para-hydroxylation sites is 2. The van der Waals surface area contributed by atoms with Crippen LogP contribution in [0.5, 0.6) is 5.75 Å². The van der Waals surface area contributed by atoms with Crippen LogP contribution in [-0.2, 0) is 15.1 Å². The summed E-state index contributed by atoms with van der Waals surface area (Å²) in [6.07, 6.45) is 0. The summed E-state index contributed by atoms with van der Waals surface area (Å²) in [6.45, 7) is 0. The molecule has 0 radical (unpaired) electrons. The Balaban J connectivity index is 1.67. The zero-order valence-corrected chi connectivity index (χ0v) is 17.1. The number of rotatable bonds is 3. The van der Waals surface area contributed by atoms with Crippen LogP contribution in [0.4, 0.5) is 5.69 Å². The van der Waals surface area contributed by atoms with Gasteiger partial charge in [-0.05, 0) is 23.3 Å². The maximum absolute atomic E-state index is 13.9. The number of methoxy groups -OCH3 is 1. The van der Waals surface area contributed by atoms with Gasteiger partial charge in [0.05, 0.1) is 18.7 Å². The van der Waals surface area contributed by atoms with Gasteiger partial charge in [0.15, 0.2) is 0 Å². The standard InChI is InChI=1S/C25H18N2O5/c1-32-19-13-7-6-12-18(19)26-23(28)21-20-14-8-2-4-10-16(14)25(27(30)31,22(21)24(26)29)17-11-5-3-9-15(17)20/h2-13,20-22H,1H3/t20?,21-,22+,25?/m1/s1. The lowest BCUT2D eigenvalue weighted by Gasteiger charge is -2.48. The third kappa shape index (κ3) is 1.96. The number of nitrogens with zero attached hydrogens (tertiary/aromatic N) is 2. The Hall–Kier alpha value is -4.00. The van der Waals surface area contributed by atoms with Crippen molar-refractivity contribution in [1.29, 1.82) is 0 Å². The van der Waals surface area contributed by atoms with Crippen LogP contribution in [0.2, 0.25) is 0 Å². The molecule has 2 atom stereocenters. The molecule has 3 aliphatic carbocycles. The topological polar surface area (TPSA) is 89.8 Å². The highest BCUT2D eigenvalue weighted by Gasteiger charge is 2.75. The fraction of sp³-hybridized carbons (Fsp3) is 0.200. The lowest BCUT2D eigenvalue weighted by molar-refractivity contribution is -0.578. The van der Waals surface area contributed by atoms with Crippen molar-refractivity contribution in [3.05, 3.63) is 105 Å². The van der Waals surface area contributed by atoms with E-state index in [0.717, 1.165) is 16.0 Å². The summed E-state index contributed by atoms with van der Waals surface area (Å²) in [5, 5.41) is 12.9. The summed E-state index contributed by atoms with van der Waals surface area (Å²) in [5.74, 6) is -3.04. The number of carbonyl (C=O) groups is 2. The van der Waals surface area contributed by atoms with Crippen LogP contribution < -0.4 is 9.64 Å². The van der Waals surface area contributed by atoms with E-state index in [4.69, 9.17) is 4.74 Å². The lowest BCUT2D eigenvalue weighted by atomic mass is 9.51. The third-order valence-electron chi connectivity index (χ3n) is 7.19. The quantitative estimate of drug-likeness (QED) is 0.363. The first kappa shape index (κ1) is 18.7. The minimum absolute atomic E-state index is 0.311. The van der Waals surface area contributed by atoms with E-state index in [1.165, 1.54) is 7.11 Å². The van der Waals surface area contributed by atoms with E-state index in [2.05, 4.69) is 0 Å². The molecule has 0 aromatic heterocycles. The van der Waals surface area contributed by atoms with E-state index in [-0.39, 0.29) is 4.92 Å². The molecule has 4 aliphatic rings. The predicted octanol–water partition coefficient (Wildman–Crippen LogP) is 3.48. The minimum atomic E-state index is -1.82. The van der Waals surface area contributed by atoms with Crippen molar-refractivity contribution in [2.75, 3.05) is 12.0 Å². The molecule has 7 heteroatoms. The fourth-order valence-corrected chi connectivity index (χ4v) is 6.09. The maximum atomic E-state index is 13.9. The van der Waals surface area contributed by atoms with Gasteiger partial charge >= 0.3 is 0 Å². The highest BCUT2D eigenvalue weighted by Crippen LogP contribution is 2.64. The van der Waals surface area contributed by atoms with Crippen LogP contribution in [0.15, 0.2) is 72.8 Å². The van der Waals surface area contributed by atoms with Gasteiger partial charge in [0.1, 0.15) is 11.7 Å². The SMILES string of the molecule is COc1ccccc1N1C(=O)[C@@H]2C3c4ccccc4C([N+](=O)[O-])(c4ccccc43)[C@@H]2C1=O. The van der Waals surface area contributed by atoms with Crippen LogP contribution in [0.1, 0.15) is 28.2 Å². The molecule has 1 fully saturated rings. The van der Waals surface area contributed by atoms with Gasteiger partial charge in [-0.25, -0.2) is 4.90 Å². The van der Waals surface area contributed by atoms with Gasteiger partial charge in [-0.3, -0.25) is 19.7 Å². The molecule has 32 heavy (non-hydrogen) atoms. The number of imide groups is 1. The smallest absolute Gasteiger partial charge is 0.285 e. The zero-order valence-electron chi connectivity index (χ0n) is 17.1. The van der Waals surface area contributed by atoms with E-state index in [1.807, 2.05) is 24.3 Å². The summed E-state index contributed by atoms with van der Waals surface area (Å²) in [6, 6.07) is 21.0. The number of ether oxygens (including phenoxy) is 1. The molecule has 2 amide bonds. The molecule has 3 aromatic carbocycles. The van der Waals surface area contributed by atoms with Crippen molar-refractivity contribution < 1.29 is 19.2 Å². The van der Waals surface area contributed by atoms with Gasteiger partial charge in [-0.15, -0.1) is 0 Å². The van der Waals surface area contributed by atoms with E-state index in [1.54, 1.807) is 48.5 Å². The number of benzene rings is 3. The molecule has 7 rings (SSSR count). The van der Waals surface area contributed by atoms with Crippen molar-refractivity contribution in [2.45, 2.75) is 11.5 Å². The van der Waals surface area contributed by atoms with Gasteiger partial charge < -0.3 is 4.74 Å². The Labute approximate surface area is 183 Å². The molecule has 1 heterocycles.